The Labute approximate surface area is 168 Å². The Morgan fingerprint density at radius 3 is 2.41 bits per heavy atom. The Kier molecular flexibility index (Phi) is 3.99. The van der Waals surface area contributed by atoms with E-state index in [1.165, 1.54) is 28.3 Å². The molecule has 29 heavy (non-hydrogen) atoms. The van der Waals surface area contributed by atoms with Gasteiger partial charge in [-0.05, 0) is 73.4 Å². The molecule has 5 aromatic rings. The third kappa shape index (κ3) is 2.82. The van der Waals surface area contributed by atoms with E-state index in [-0.39, 0.29) is 5.82 Å². The average molecular weight is 381 g/mol. The number of para-hydroxylation sites is 1. The number of hydrogen-bond acceptors (Lipinski definition) is 2. The number of hydrogen-bond donors (Lipinski definition) is 0. The predicted octanol–water partition coefficient (Wildman–Crippen LogP) is 7.38. The predicted molar refractivity (Wildman–Crippen MR) is 117 cm³/mol. The highest BCUT2D eigenvalue weighted by molar-refractivity contribution is 6.09. The van der Waals surface area contributed by atoms with Crippen molar-refractivity contribution in [2.45, 2.75) is 20.8 Å². The molecule has 0 amide bonds. The highest BCUT2D eigenvalue weighted by Crippen LogP contribution is 2.37. The molecule has 0 radical (unpaired) electrons. The molecule has 0 saturated heterocycles. The zero-order valence-electron chi connectivity index (χ0n) is 16.6. The molecule has 2 aromatic heterocycles. The third-order valence-electron chi connectivity index (χ3n) is 5.47. The molecule has 2 nitrogen and oxygen atoms in total. The second-order valence-corrected chi connectivity index (χ2v) is 7.60. The van der Waals surface area contributed by atoms with Crippen LogP contribution in [0.2, 0.25) is 0 Å². The van der Waals surface area contributed by atoms with Gasteiger partial charge in [0.05, 0.1) is 11.1 Å². The molecule has 0 unspecified atom stereocenters. The Balaban J connectivity index is 1.74. The number of fused-ring (bicyclic) bond motifs is 3. The van der Waals surface area contributed by atoms with Gasteiger partial charge in [0.15, 0.2) is 0 Å². The van der Waals surface area contributed by atoms with Crippen molar-refractivity contribution in [1.82, 2.24) is 4.98 Å². The summed E-state index contributed by atoms with van der Waals surface area (Å²) in [5, 5.41) is 1.29. The van der Waals surface area contributed by atoms with Crippen LogP contribution in [0.5, 0.6) is 0 Å². The number of halogens is 1. The number of aromatic nitrogens is 1. The van der Waals surface area contributed by atoms with Crippen molar-refractivity contribution >= 4 is 21.9 Å². The van der Waals surface area contributed by atoms with Crippen molar-refractivity contribution in [1.29, 1.82) is 0 Å². The topological polar surface area (TPSA) is 26.0 Å². The molecule has 3 heteroatoms. The van der Waals surface area contributed by atoms with E-state index in [1.54, 1.807) is 12.1 Å². The van der Waals surface area contributed by atoms with Crippen molar-refractivity contribution in [2.24, 2.45) is 0 Å². The van der Waals surface area contributed by atoms with Gasteiger partial charge in [0.25, 0.3) is 0 Å². The van der Waals surface area contributed by atoms with Crippen LogP contribution in [0.1, 0.15) is 16.7 Å². The van der Waals surface area contributed by atoms with Gasteiger partial charge in [-0.25, -0.2) is 4.39 Å². The van der Waals surface area contributed by atoms with Crippen molar-refractivity contribution in [2.75, 3.05) is 0 Å². The third-order valence-corrected chi connectivity index (χ3v) is 5.47. The van der Waals surface area contributed by atoms with Crippen LogP contribution in [-0.4, -0.2) is 4.98 Å². The quantitative estimate of drug-likeness (QED) is 0.319. The van der Waals surface area contributed by atoms with Crippen molar-refractivity contribution in [3.63, 3.8) is 0 Å². The van der Waals surface area contributed by atoms with E-state index in [4.69, 9.17) is 4.42 Å². The molecule has 0 atom stereocenters. The lowest BCUT2D eigenvalue weighted by Gasteiger charge is -2.12. The first-order valence-corrected chi connectivity index (χ1v) is 9.67. The van der Waals surface area contributed by atoms with Gasteiger partial charge >= 0.3 is 0 Å². The van der Waals surface area contributed by atoms with Crippen molar-refractivity contribution < 1.29 is 8.81 Å². The first kappa shape index (κ1) is 17.6. The molecule has 0 saturated carbocycles. The smallest absolute Gasteiger partial charge is 0.144 e. The molecule has 0 bridgehead atoms. The van der Waals surface area contributed by atoms with Crippen LogP contribution in [-0.2, 0) is 0 Å². The summed E-state index contributed by atoms with van der Waals surface area (Å²) in [4.78, 5) is 4.60. The normalized spacial score (nSPS) is 11.4. The van der Waals surface area contributed by atoms with Crippen LogP contribution in [0, 0.1) is 26.6 Å². The van der Waals surface area contributed by atoms with Gasteiger partial charge in [-0.2, -0.15) is 0 Å². The molecule has 5 rings (SSSR count). The Bertz CT molecular complexity index is 1370. The van der Waals surface area contributed by atoms with E-state index in [9.17, 15) is 4.39 Å². The van der Waals surface area contributed by atoms with Crippen LogP contribution in [0.15, 0.2) is 71.3 Å². The number of benzene rings is 3. The van der Waals surface area contributed by atoms with E-state index >= 15 is 0 Å². The molecule has 0 aliphatic carbocycles. The largest absolute Gasteiger partial charge is 0.455 e. The van der Waals surface area contributed by atoms with Gasteiger partial charge in [0.2, 0.25) is 0 Å². The molecule has 0 aliphatic heterocycles. The molecular weight excluding hydrogens is 361 g/mol. The van der Waals surface area contributed by atoms with E-state index < -0.39 is 0 Å². The van der Waals surface area contributed by atoms with Crippen molar-refractivity contribution in [3.05, 3.63) is 89.4 Å². The molecular formula is C26H20FNO. The molecule has 2 heterocycles. The second-order valence-electron chi connectivity index (χ2n) is 7.60. The van der Waals surface area contributed by atoms with E-state index in [0.717, 1.165) is 22.2 Å². The van der Waals surface area contributed by atoms with Gasteiger partial charge in [-0.1, -0.05) is 35.9 Å². The van der Waals surface area contributed by atoms with E-state index in [1.807, 2.05) is 30.5 Å². The summed E-state index contributed by atoms with van der Waals surface area (Å²) in [5.41, 5.74) is 8.96. The van der Waals surface area contributed by atoms with E-state index in [0.29, 0.717) is 16.6 Å². The summed E-state index contributed by atoms with van der Waals surface area (Å²) < 4.78 is 20.5. The maximum Gasteiger partial charge on any atom is 0.144 e. The van der Waals surface area contributed by atoms with E-state index in [2.05, 4.69) is 44.0 Å². The minimum absolute atomic E-state index is 0.272. The molecule has 142 valence electrons. The molecule has 0 spiro atoms. The lowest BCUT2D eigenvalue weighted by Crippen LogP contribution is -1.92. The number of pyridine rings is 1. The summed E-state index contributed by atoms with van der Waals surface area (Å²) in [5.74, 6) is -0.272. The van der Waals surface area contributed by atoms with Gasteiger partial charge in [-0.15, -0.1) is 0 Å². The van der Waals surface area contributed by atoms with Gasteiger partial charge < -0.3 is 4.42 Å². The standard InChI is InChI=1S/C26H20FNO/c1-15-12-16(2)24(17(3)13-15)18-10-11-28-22(14-18)19-6-4-7-20-25-21(27)8-5-9-23(25)29-26(19)20/h4-14H,1-3H3. The minimum atomic E-state index is -0.272. The fraction of sp³-hybridized carbons (Fsp3) is 0.115. The highest BCUT2D eigenvalue weighted by Gasteiger charge is 2.16. The van der Waals surface area contributed by atoms with Crippen LogP contribution < -0.4 is 0 Å². The molecule has 3 aromatic carbocycles. The van der Waals surface area contributed by atoms with Gasteiger partial charge in [-0.3, -0.25) is 4.98 Å². The fourth-order valence-electron chi connectivity index (χ4n) is 4.37. The van der Waals surface area contributed by atoms with Crippen molar-refractivity contribution in [3.8, 4) is 22.4 Å². The average Bonchev–Trinajstić information content (AvgIpc) is 3.07. The Morgan fingerprint density at radius 2 is 1.62 bits per heavy atom. The molecule has 0 fully saturated rings. The van der Waals surface area contributed by atoms with Gasteiger partial charge in [0, 0.05) is 17.1 Å². The van der Waals surface area contributed by atoms with Crippen LogP contribution in [0.3, 0.4) is 0 Å². The Hall–Kier alpha value is -3.46. The minimum Gasteiger partial charge on any atom is -0.455 e. The summed E-state index contributed by atoms with van der Waals surface area (Å²) >= 11 is 0. The maximum atomic E-state index is 14.4. The lowest BCUT2D eigenvalue weighted by molar-refractivity contribution is 0.634. The summed E-state index contributed by atoms with van der Waals surface area (Å²) in [6.07, 6.45) is 1.82. The second kappa shape index (κ2) is 6.56. The zero-order valence-corrected chi connectivity index (χ0v) is 16.6. The summed E-state index contributed by atoms with van der Waals surface area (Å²) in [7, 11) is 0. The number of rotatable bonds is 2. The van der Waals surface area contributed by atoms with Crippen LogP contribution in [0.25, 0.3) is 44.3 Å². The Morgan fingerprint density at radius 1 is 0.862 bits per heavy atom. The summed E-state index contributed by atoms with van der Waals surface area (Å²) in [6, 6.07) is 19.2. The molecule has 0 N–H and O–H groups in total. The monoisotopic (exact) mass is 381 g/mol. The van der Waals surface area contributed by atoms with Crippen LogP contribution >= 0.6 is 0 Å². The zero-order chi connectivity index (χ0) is 20.1. The lowest BCUT2D eigenvalue weighted by atomic mass is 9.93. The first-order chi connectivity index (χ1) is 14.0. The molecule has 0 aliphatic rings. The van der Waals surface area contributed by atoms with Gasteiger partial charge in [0.1, 0.15) is 17.0 Å². The van der Waals surface area contributed by atoms with Crippen LogP contribution in [0.4, 0.5) is 4.39 Å². The summed E-state index contributed by atoms with van der Waals surface area (Å²) in [6.45, 7) is 6.39. The SMILES string of the molecule is Cc1cc(C)c(-c2ccnc(-c3cccc4c3oc3cccc(F)c34)c2)c(C)c1. The number of aryl methyl sites for hydroxylation is 3. The fourth-order valence-corrected chi connectivity index (χ4v) is 4.37. The number of nitrogens with zero attached hydrogens (tertiary/aromatic N) is 1. The first-order valence-electron chi connectivity index (χ1n) is 9.67. The maximum absolute atomic E-state index is 14.4. The number of furan rings is 1. The highest BCUT2D eigenvalue weighted by atomic mass is 19.1.